The number of hydrazone groups is 1. The first-order valence-corrected chi connectivity index (χ1v) is 8.84. The van der Waals surface area contributed by atoms with Crippen LogP contribution in [-0.4, -0.2) is 11.6 Å². The molecule has 2 atom stereocenters. The lowest BCUT2D eigenvalue weighted by Crippen LogP contribution is -2.43. The second-order valence-corrected chi connectivity index (χ2v) is 6.99. The molecule has 1 aliphatic carbocycles. The highest BCUT2D eigenvalue weighted by atomic mass is 35.5. The van der Waals surface area contributed by atoms with Crippen LogP contribution >= 0.6 is 11.6 Å². The summed E-state index contributed by atoms with van der Waals surface area (Å²) in [5.74, 6) is 0.428. The molecule has 1 aliphatic heterocycles. The van der Waals surface area contributed by atoms with Crippen LogP contribution < -0.4 is 5.43 Å². The van der Waals surface area contributed by atoms with Crippen LogP contribution in [-0.2, 0) is 4.79 Å². The third-order valence-corrected chi connectivity index (χ3v) is 5.35. The molecule has 1 saturated carbocycles. The van der Waals surface area contributed by atoms with Crippen molar-refractivity contribution in [3.8, 4) is 11.1 Å². The molecule has 0 bridgehead atoms. The lowest BCUT2D eigenvalue weighted by Gasteiger charge is -2.34. The second-order valence-electron chi connectivity index (χ2n) is 6.55. The summed E-state index contributed by atoms with van der Waals surface area (Å²) < 4.78 is 0. The number of hydrogen-bond acceptors (Lipinski definition) is 2. The van der Waals surface area contributed by atoms with Crippen LogP contribution in [0.15, 0.2) is 53.6 Å². The minimum absolute atomic E-state index is 0.0845. The molecule has 0 saturated heterocycles. The van der Waals surface area contributed by atoms with Crippen molar-refractivity contribution < 1.29 is 4.79 Å². The van der Waals surface area contributed by atoms with Gasteiger partial charge in [0.05, 0.1) is 5.71 Å². The molecular formula is C20H19ClN2O. The van der Waals surface area contributed by atoms with Gasteiger partial charge in [0.1, 0.15) is 0 Å². The average molecular weight is 339 g/mol. The van der Waals surface area contributed by atoms with Crippen molar-refractivity contribution in [3.05, 3.63) is 59.1 Å². The zero-order valence-electron chi connectivity index (χ0n) is 13.3. The molecule has 0 aromatic heterocycles. The van der Waals surface area contributed by atoms with Crippen molar-refractivity contribution in [1.29, 1.82) is 0 Å². The van der Waals surface area contributed by atoms with Gasteiger partial charge in [-0.15, -0.1) is 0 Å². The Morgan fingerprint density at radius 1 is 0.833 bits per heavy atom. The summed E-state index contributed by atoms with van der Waals surface area (Å²) in [5, 5.41) is 5.12. The van der Waals surface area contributed by atoms with E-state index in [9.17, 15) is 4.79 Å². The van der Waals surface area contributed by atoms with Crippen molar-refractivity contribution in [2.45, 2.75) is 25.7 Å². The van der Waals surface area contributed by atoms with Gasteiger partial charge in [0.25, 0.3) is 0 Å². The fraction of sp³-hybridized carbons (Fsp3) is 0.300. The molecule has 2 unspecified atom stereocenters. The Bertz CT molecular complexity index is 780. The number of hydrogen-bond donors (Lipinski definition) is 1. The fourth-order valence-electron chi connectivity index (χ4n) is 3.81. The summed E-state index contributed by atoms with van der Waals surface area (Å²) >= 11 is 5.95. The van der Waals surface area contributed by atoms with Gasteiger partial charge < -0.3 is 0 Å². The highest BCUT2D eigenvalue weighted by Crippen LogP contribution is 2.35. The minimum Gasteiger partial charge on any atom is -0.273 e. The van der Waals surface area contributed by atoms with Gasteiger partial charge in [0.2, 0.25) is 5.91 Å². The van der Waals surface area contributed by atoms with Crippen LogP contribution in [0.1, 0.15) is 31.2 Å². The molecule has 122 valence electrons. The van der Waals surface area contributed by atoms with E-state index in [4.69, 9.17) is 11.6 Å². The molecule has 1 fully saturated rings. The molecule has 0 spiro atoms. The lowest BCUT2D eigenvalue weighted by molar-refractivity contribution is -0.127. The minimum atomic E-state index is 0.0845. The monoisotopic (exact) mass is 338 g/mol. The topological polar surface area (TPSA) is 41.5 Å². The first-order valence-electron chi connectivity index (χ1n) is 8.46. The van der Waals surface area contributed by atoms with Gasteiger partial charge in [-0.2, -0.15) is 5.10 Å². The van der Waals surface area contributed by atoms with Crippen molar-refractivity contribution in [1.82, 2.24) is 5.43 Å². The first kappa shape index (κ1) is 15.4. The van der Waals surface area contributed by atoms with Gasteiger partial charge in [-0.3, -0.25) is 4.79 Å². The Morgan fingerprint density at radius 2 is 1.38 bits per heavy atom. The summed E-state index contributed by atoms with van der Waals surface area (Å²) in [6.07, 6.45) is 4.34. The zero-order chi connectivity index (χ0) is 16.5. The quantitative estimate of drug-likeness (QED) is 0.851. The van der Waals surface area contributed by atoms with Gasteiger partial charge in [-0.05, 0) is 41.7 Å². The summed E-state index contributed by atoms with van der Waals surface area (Å²) in [4.78, 5) is 12.0. The van der Waals surface area contributed by atoms with E-state index < -0.39 is 0 Å². The van der Waals surface area contributed by atoms with E-state index in [2.05, 4.69) is 34.8 Å². The fourth-order valence-corrected chi connectivity index (χ4v) is 3.93. The van der Waals surface area contributed by atoms with Crippen LogP contribution in [0.3, 0.4) is 0 Å². The maximum Gasteiger partial charge on any atom is 0.243 e. The largest absolute Gasteiger partial charge is 0.273 e. The number of nitrogens with zero attached hydrogens (tertiary/aromatic N) is 1. The van der Waals surface area contributed by atoms with Crippen LogP contribution in [0.2, 0.25) is 5.02 Å². The highest BCUT2D eigenvalue weighted by Gasteiger charge is 2.37. The molecule has 1 N–H and O–H groups in total. The van der Waals surface area contributed by atoms with Gasteiger partial charge in [-0.1, -0.05) is 60.8 Å². The van der Waals surface area contributed by atoms with Crippen molar-refractivity contribution in [2.24, 2.45) is 16.9 Å². The number of carbonyl (C=O) groups excluding carboxylic acids is 1. The van der Waals surface area contributed by atoms with E-state index in [-0.39, 0.29) is 17.7 Å². The third kappa shape index (κ3) is 2.84. The maximum atomic E-state index is 12.0. The van der Waals surface area contributed by atoms with Crippen molar-refractivity contribution in [2.75, 3.05) is 0 Å². The Kier molecular flexibility index (Phi) is 4.11. The third-order valence-electron chi connectivity index (χ3n) is 5.10. The van der Waals surface area contributed by atoms with E-state index in [1.165, 1.54) is 6.42 Å². The summed E-state index contributed by atoms with van der Waals surface area (Å²) in [7, 11) is 0. The van der Waals surface area contributed by atoms with E-state index in [0.717, 1.165) is 46.7 Å². The molecule has 1 amide bonds. The van der Waals surface area contributed by atoms with Crippen LogP contribution in [0, 0.1) is 11.8 Å². The predicted molar refractivity (Wildman–Crippen MR) is 97.0 cm³/mol. The lowest BCUT2D eigenvalue weighted by atomic mass is 9.74. The van der Waals surface area contributed by atoms with Gasteiger partial charge in [-0.25, -0.2) is 5.43 Å². The summed E-state index contributed by atoms with van der Waals surface area (Å²) in [6, 6.07) is 16.3. The number of nitrogens with one attached hydrogen (secondary N) is 1. The number of halogens is 1. The molecule has 3 nitrogen and oxygen atoms in total. The molecule has 24 heavy (non-hydrogen) atoms. The van der Waals surface area contributed by atoms with E-state index in [1.807, 2.05) is 24.3 Å². The second kappa shape index (κ2) is 6.40. The summed E-state index contributed by atoms with van der Waals surface area (Å²) in [6.45, 7) is 0. The van der Waals surface area contributed by atoms with Gasteiger partial charge in [0.15, 0.2) is 0 Å². The number of amides is 1. The number of benzene rings is 2. The number of carbonyl (C=O) groups is 1. The molecule has 0 radical (unpaired) electrons. The normalized spacial score (nSPS) is 23.2. The molecule has 2 aromatic rings. The van der Waals surface area contributed by atoms with Gasteiger partial charge >= 0.3 is 0 Å². The molecule has 2 aromatic carbocycles. The Morgan fingerprint density at radius 3 is 2.04 bits per heavy atom. The van der Waals surface area contributed by atoms with E-state index in [1.54, 1.807) is 0 Å². The maximum absolute atomic E-state index is 12.0. The Labute approximate surface area is 146 Å². The van der Waals surface area contributed by atoms with E-state index in [0.29, 0.717) is 0 Å². The predicted octanol–water partition coefficient (Wildman–Crippen LogP) is 4.65. The molecule has 2 aliphatic rings. The van der Waals surface area contributed by atoms with Crippen molar-refractivity contribution >= 4 is 23.2 Å². The molecule has 4 rings (SSSR count). The standard InChI is InChI=1S/C20H19ClN2O/c21-16-11-9-14(10-12-16)13-5-7-15(8-6-13)19-17-3-1-2-4-18(17)20(24)23-22-19/h5-12,17-18H,1-4H2,(H,23,24). The average Bonchev–Trinajstić information content (AvgIpc) is 2.63. The SMILES string of the molecule is O=C1NN=C(c2ccc(-c3ccc(Cl)cc3)cc2)C2CCCCC12. The van der Waals surface area contributed by atoms with Crippen molar-refractivity contribution in [3.63, 3.8) is 0 Å². The number of rotatable bonds is 2. The smallest absolute Gasteiger partial charge is 0.243 e. The Balaban J connectivity index is 1.62. The van der Waals surface area contributed by atoms with Crippen LogP contribution in [0.5, 0.6) is 0 Å². The molecular weight excluding hydrogens is 320 g/mol. The molecule has 1 heterocycles. The first-order chi connectivity index (χ1) is 11.7. The van der Waals surface area contributed by atoms with E-state index >= 15 is 0 Å². The van der Waals surface area contributed by atoms with Crippen LogP contribution in [0.4, 0.5) is 0 Å². The highest BCUT2D eigenvalue weighted by molar-refractivity contribution is 6.30. The summed E-state index contributed by atoms with van der Waals surface area (Å²) in [5.41, 5.74) is 7.14. The zero-order valence-corrected chi connectivity index (χ0v) is 14.1. The van der Waals surface area contributed by atoms with Gasteiger partial charge in [0, 0.05) is 16.9 Å². The molecule has 4 heteroatoms. The van der Waals surface area contributed by atoms with Crippen LogP contribution in [0.25, 0.3) is 11.1 Å². The Hall–Kier alpha value is -2.13. The number of fused-ring (bicyclic) bond motifs is 1.